The van der Waals surface area contributed by atoms with E-state index >= 15 is 0 Å². The maximum atomic E-state index is 13.3. The molecule has 0 saturated heterocycles. The number of nitriles is 1. The summed E-state index contributed by atoms with van der Waals surface area (Å²) in [7, 11) is 0. The van der Waals surface area contributed by atoms with Gasteiger partial charge in [0.25, 0.3) is 0 Å². The fourth-order valence-corrected chi connectivity index (χ4v) is 1.06. The molecule has 5 heteroatoms. The zero-order valence-corrected chi connectivity index (χ0v) is 8.27. The molecule has 0 aromatic heterocycles. The first-order valence-corrected chi connectivity index (χ1v) is 4.46. The van der Waals surface area contributed by atoms with Gasteiger partial charge in [0.2, 0.25) is 0 Å². The Morgan fingerprint density at radius 3 is 2.94 bits per heavy atom. The van der Waals surface area contributed by atoms with E-state index in [0.717, 1.165) is 12.1 Å². The van der Waals surface area contributed by atoms with Gasteiger partial charge in [-0.3, -0.25) is 0 Å². The largest absolute Gasteiger partial charge is 0.478 e. The Morgan fingerprint density at radius 1 is 1.62 bits per heavy atom. The zero-order valence-electron chi connectivity index (χ0n) is 8.27. The maximum Gasteiger partial charge on any atom is 0.328 e. The van der Waals surface area contributed by atoms with E-state index in [0.29, 0.717) is 0 Å². The monoisotopic (exact) mass is 220 g/mol. The van der Waals surface area contributed by atoms with Crippen LogP contribution in [0.1, 0.15) is 5.56 Å². The van der Waals surface area contributed by atoms with Gasteiger partial charge in [-0.05, 0) is 18.2 Å². The molecular formula is C11H9FN2O2. The van der Waals surface area contributed by atoms with Gasteiger partial charge in [-0.15, -0.1) is 0 Å². The minimum absolute atomic E-state index is 0.203. The van der Waals surface area contributed by atoms with Crippen LogP contribution in [0.3, 0.4) is 0 Å². The number of aliphatic carboxylic acids is 1. The minimum Gasteiger partial charge on any atom is -0.478 e. The quantitative estimate of drug-likeness (QED) is 0.758. The molecule has 2 N–H and O–H groups in total. The van der Waals surface area contributed by atoms with E-state index in [4.69, 9.17) is 10.4 Å². The molecule has 0 heterocycles. The zero-order chi connectivity index (χ0) is 12.0. The molecule has 0 spiro atoms. The highest BCUT2D eigenvalue weighted by molar-refractivity contribution is 5.79. The van der Waals surface area contributed by atoms with Crippen molar-refractivity contribution in [3.8, 4) is 6.07 Å². The molecule has 0 aliphatic rings. The van der Waals surface area contributed by atoms with Crippen LogP contribution in [0.2, 0.25) is 0 Å². The first kappa shape index (κ1) is 11.7. The number of carbonyl (C=O) groups is 1. The van der Waals surface area contributed by atoms with Gasteiger partial charge in [0, 0.05) is 12.6 Å². The van der Waals surface area contributed by atoms with Crippen LogP contribution in [-0.2, 0) is 4.79 Å². The van der Waals surface area contributed by atoms with Crippen LogP contribution in [0.15, 0.2) is 30.4 Å². The highest BCUT2D eigenvalue weighted by Gasteiger charge is 2.01. The van der Waals surface area contributed by atoms with Gasteiger partial charge < -0.3 is 10.4 Å². The van der Waals surface area contributed by atoms with Crippen LogP contribution in [0.25, 0.3) is 0 Å². The van der Waals surface area contributed by atoms with Crippen molar-refractivity contribution in [2.75, 3.05) is 11.9 Å². The summed E-state index contributed by atoms with van der Waals surface area (Å²) in [6.07, 6.45) is 2.33. The molecule has 0 unspecified atom stereocenters. The van der Waals surface area contributed by atoms with Crippen LogP contribution < -0.4 is 5.32 Å². The third kappa shape index (κ3) is 3.42. The molecule has 1 rings (SSSR count). The van der Waals surface area contributed by atoms with E-state index in [9.17, 15) is 9.18 Å². The molecule has 0 atom stereocenters. The van der Waals surface area contributed by atoms with Crippen molar-refractivity contribution in [2.24, 2.45) is 0 Å². The van der Waals surface area contributed by atoms with Gasteiger partial charge in [0.1, 0.15) is 5.82 Å². The predicted molar refractivity (Wildman–Crippen MR) is 56.4 cm³/mol. The standard InChI is InChI=1S/C11H9FN2O2/c12-9-6-8(7-13)3-4-10(9)14-5-1-2-11(15)16/h1-4,6,14H,5H2,(H,15,16)/b2-1+. The molecule has 0 bridgehead atoms. The molecule has 0 radical (unpaired) electrons. The number of nitrogens with zero attached hydrogens (tertiary/aromatic N) is 1. The van der Waals surface area contributed by atoms with Crippen molar-refractivity contribution < 1.29 is 14.3 Å². The number of halogens is 1. The van der Waals surface area contributed by atoms with Gasteiger partial charge in [0.15, 0.2) is 0 Å². The molecule has 4 nitrogen and oxygen atoms in total. The Labute approximate surface area is 91.6 Å². The topological polar surface area (TPSA) is 73.1 Å². The fourth-order valence-electron chi connectivity index (χ4n) is 1.06. The molecule has 1 aromatic carbocycles. The van der Waals surface area contributed by atoms with E-state index in [1.807, 2.05) is 6.07 Å². The van der Waals surface area contributed by atoms with Gasteiger partial charge in [-0.25, -0.2) is 9.18 Å². The van der Waals surface area contributed by atoms with Crippen LogP contribution >= 0.6 is 0 Å². The van der Waals surface area contributed by atoms with Crippen molar-refractivity contribution in [3.05, 3.63) is 41.7 Å². The third-order valence-corrected chi connectivity index (χ3v) is 1.77. The maximum absolute atomic E-state index is 13.3. The summed E-state index contributed by atoms with van der Waals surface area (Å²) >= 11 is 0. The third-order valence-electron chi connectivity index (χ3n) is 1.77. The Kier molecular flexibility index (Phi) is 4.04. The van der Waals surface area contributed by atoms with E-state index in [-0.39, 0.29) is 17.8 Å². The number of anilines is 1. The molecule has 16 heavy (non-hydrogen) atoms. The van der Waals surface area contributed by atoms with Gasteiger partial charge in [-0.2, -0.15) is 5.26 Å². The molecule has 82 valence electrons. The van der Waals surface area contributed by atoms with E-state index in [1.54, 1.807) is 0 Å². The average Bonchev–Trinajstić information content (AvgIpc) is 2.25. The fraction of sp³-hybridized carbons (Fsp3) is 0.0909. The van der Waals surface area contributed by atoms with Crippen molar-refractivity contribution in [3.63, 3.8) is 0 Å². The smallest absolute Gasteiger partial charge is 0.328 e. The lowest BCUT2D eigenvalue weighted by atomic mass is 10.2. The normalized spacial score (nSPS) is 10.0. The van der Waals surface area contributed by atoms with Crippen LogP contribution in [0, 0.1) is 17.1 Å². The molecule has 0 fully saturated rings. The van der Waals surface area contributed by atoms with E-state index < -0.39 is 11.8 Å². The Morgan fingerprint density at radius 2 is 2.38 bits per heavy atom. The molecule has 0 amide bonds. The number of carboxylic acid groups (broad SMARTS) is 1. The second-order valence-electron chi connectivity index (χ2n) is 2.93. The second-order valence-corrected chi connectivity index (χ2v) is 2.93. The average molecular weight is 220 g/mol. The molecule has 0 aliphatic heterocycles. The lowest BCUT2D eigenvalue weighted by Crippen LogP contribution is -2.01. The minimum atomic E-state index is -1.05. The van der Waals surface area contributed by atoms with E-state index in [2.05, 4.69) is 5.32 Å². The summed E-state index contributed by atoms with van der Waals surface area (Å²) in [6, 6.07) is 5.84. The SMILES string of the molecule is N#Cc1ccc(NC/C=C/C(=O)O)c(F)c1. The number of hydrogen-bond donors (Lipinski definition) is 2. The Hall–Kier alpha value is -2.35. The molecule has 0 aliphatic carbocycles. The number of benzene rings is 1. The number of hydrogen-bond acceptors (Lipinski definition) is 3. The van der Waals surface area contributed by atoms with Gasteiger partial charge >= 0.3 is 5.97 Å². The summed E-state index contributed by atoms with van der Waals surface area (Å²) in [4.78, 5) is 10.1. The van der Waals surface area contributed by atoms with Crippen LogP contribution in [0.5, 0.6) is 0 Å². The summed E-state index contributed by atoms with van der Waals surface area (Å²) in [5, 5.41) is 19.5. The van der Waals surface area contributed by atoms with Crippen molar-refractivity contribution in [1.82, 2.24) is 0 Å². The van der Waals surface area contributed by atoms with Crippen molar-refractivity contribution in [1.29, 1.82) is 5.26 Å². The Balaban J connectivity index is 2.62. The van der Waals surface area contributed by atoms with E-state index in [1.165, 1.54) is 18.2 Å². The first-order valence-electron chi connectivity index (χ1n) is 4.46. The van der Waals surface area contributed by atoms with Crippen LogP contribution in [-0.4, -0.2) is 17.6 Å². The lowest BCUT2D eigenvalue weighted by Gasteiger charge is -2.04. The van der Waals surface area contributed by atoms with Crippen molar-refractivity contribution in [2.45, 2.75) is 0 Å². The van der Waals surface area contributed by atoms with Gasteiger partial charge in [-0.1, -0.05) is 6.08 Å². The molecule has 1 aromatic rings. The number of rotatable bonds is 4. The first-order chi connectivity index (χ1) is 7.63. The summed E-state index contributed by atoms with van der Waals surface area (Å²) < 4.78 is 13.3. The second kappa shape index (κ2) is 5.51. The number of nitrogens with one attached hydrogen (secondary N) is 1. The predicted octanol–water partition coefficient (Wildman–Crippen LogP) is 1.75. The molecule has 0 saturated carbocycles. The summed E-state index contributed by atoms with van der Waals surface area (Å²) in [5.74, 6) is -1.59. The highest BCUT2D eigenvalue weighted by Crippen LogP contribution is 2.14. The number of carboxylic acids is 1. The summed E-state index contributed by atoms with van der Waals surface area (Å²) in [5.41, 5.74) is 0.471. The Bertz CT molecular complexity index is 464. The van der Waals surface area contributed by atoms with Crippen LogP contribution in [0.4, 0.5) is 10.1 Å². The lowest BCUT2D eigenvalue weighted by molar-refractivity contribution is -0.131. The van der Waals surface area contributed by atoms with Crippen molar-refractivity contribution >= 4 is 11.7 Å². The molecular weight excluding hydrogens is 211 g/mol. The summed E-state index contributed by atoms with van der Waals surface area (Å²) in [6.45, 7) is 0.203. The highest BCUT2D eigenvalue weighted by atomic mass is 19.1. The van der Waals surface area contributed by atoms with Gasteiger partial charge in [0.05, 0.1) is 17.3 Å².